The number of hydrogen-bond donors (Lipinski definition) is 0. The van der Waals surface area contributed by atoms with Crippen LogP contribution in [0, 0.1) is 0 Å². The van der Waals surface area contributed by atoms with Crippen LogP contribution < -0.4 is 0 Å². The average Bonchev–Trinajstić information content (AvgIpc) is 2.99. The third-order valence-corrected chi connectivity index (χ3v) is 7.87. The summed E-state index contributed by atoms with van der Waals surface area (Å²) in [6, 6.07) is 10.4. The number of benzene rings is 1. The van der Waals surface area contributed by atoms with E-state index in [1.807, 2.05) is 35.2 Å². The van der Waals surface area contributed by atoms with E-state index in [0.29, 0.717) is 19.7 Å². The van der Waals surface area contributed by atoms with E-state index >= 15 is 0 Å². The van der Waals surface area contributed by atoms with E-state index in [9.17, 15) is 13.2 Å². The van der Waals surface area contributed by atoms with E-state index in [-0.39, 0.29) is 36.8 Å². The summed E-state index contributed by atoms with van der Waals surface area (Å²) in [6.07, 6.45) is 6.82. The fraction of sp³-hybridized carbons (Fsp3) is 0.682. The zero-order valence-electron chi connectivity index (χ0n) is 17.6. The second-order valence-corrected chi connectivity index (χ2v) is 10.7. The number of sulfonamides is 1. The largest absolute Gasteiger partial charge is 0.375 e. The third kappa shape index (κ3) is 5.22. The number of nitrogens with zero attached hydrogens (tertiary/aromatic N) is 2. The summed E-state index contributed by atoms with van der Waals surface area (Å²) in [5.74, 6) is 0.0818. The molecule has 3 aliphatic heterocycles. The first-order valence-electron chi connectivity index (χ1n) is 10.9. The van der Waals surface area contributed by atoms with Crippen molar-refractivity contribution in [2.24, 2.45) is 0 Å². The van der Waals surface area contributed by atoms with Crippen molar-refractivity contribution in [1.29, 1.82) is 0 Å². The number of fused-ring (bicyclic) bond motifs is 2. The second-order valence-electron chi connectivity index (χ2n) is 8.76. The first-order chi connectivity index (χ1) is 14.4. The quantitative estimate of drug-likeness (QED) is 0.655. The Kier molecular flexibility index (Phi) is 6.77. The third-order valence-electron chi connectivity index (χ3n) is 6.57. The van der Waals surface area contributed by atoms with Crippen LogP contribution in [0.4, 0.5) is 0 Å². The van der Waals surface area contributed by atoms with Crippen LogP contribution >= 0.6 is 0 Å². The summed E-state index contributed by atoms with van der Waals surface area (Å²) in [7, 11) is -3.11. The summed E-state index contributed by atoms with van der Waals surface area (Å²) in [5, 5.41) is 0. The molecule has 0 saturated carbocycles. The Morgan fingerprint density at radius 3 is 2.23 bits per heavy atom. The number of hydrogen-bond acceptors (Lipinski definition) is 5. The number of rotatable bonds is 7. The standard InChI is InChI=1S/C22H32N2O5S/c1-30(26,27)23-11-9-20(10-12-23)29-21-13-18-7-8-19(14-21)24(18)22(25)16-28-15-17-5-3-2-4-6-17/h2-6,18-21H,7-16H2,1H3/t18-,19+,21?. The molecule has 166 valence electrons. The molecule has 4 rings (SSSR count). The summed E-state index contributed by atoms with van der Waals surface area (Å²) in [6.45, 7) is 1.64. The molecule has 0 radical (unpaired) electrons. The van der Waals surface area contributed by atoms with E-state index in [4.69, 9.17) is 9.47 Å². The van der Waals surface area contributed by atoms with Crippen LogP contribution in [0.2, 0.25) is 0 Å². The molecule has 1 aromatic carbocycles. The lowest BCUT2D eigenvalue weighted by Gasteiger charge is -2.41. The van der Waals surface area contributed by atoms with Gasteiger partial charge >= 0.3 is 0 Å². The first kappa shape index (κ1) is 21.7. The van der Waals surface area contributed by atoms with Crippen molar-refractivity contribution in [2.75, 3.05) is 26.0 Å². The van der Waals surface area contributed by atoms with Crippen LogP contribution in [0.5, 0.6) is 0 Å². The van der Waals surface area contributed by atoms with Crippen molar-refractivity contribution in [3.05, 3.63) is 35.9 Å². The molecule has 3 aliphatic rings. The lowest BCUT2D eigenvalue weighted by Crippen LogP contribution is -2.51. The van der Waals surface area contributed by atoms with Gasteiger partial charge in [-0.05, 0) is 44.1 Å². The van der Waals surface area contributed by atoms with Gasteiger partial charge in [0, 0.05) is 25.2 Å². The number of carbonyl (C=O) groups is 1. The predicted molar refractivity (Wildman–Crippen MR) is 113 cm³/mol. The Morgan fingerprint density at radius 2 is 1.63 bits per heavy atom. The summed E-state index contributed by atoms with van der Waals surface area (Å²) < 4.78 is 36.9. The molecule has 3 heterocycles. The lowest BCUT2D eigenvalue weighted by molar-refractivity contribution is -0.145. The minimum absolute atomic E-state index is 0.0818. The van der Waals surface area contributed by atoms with Gasteiger partial charge in [0.25, 0.3) is 0 Å². The highest BCUT2D eigenvalue weighted by Crippen LogP contribution is 2.38. The van der Waals surface area contributed by atoms with Gasteiger partial charge in [0.2, 0.25) is 15.9 Å². The van der Waals surface area contributed by atoms with Crippen molar-refractivity contribution in [1.82, 2.24) is 9.21 Å². The summed E-state index contributed by atoms with van der Waals surface area (Å²) in [4.78, 5) is 14.8. The van der Waals surface area contributed by atoms with E-state index in [1.54, 1.807) is 0 Å². The van der Waals surface area contributed by atoms with Crippen LogP contribution in [0.15, 0.2) is 30.3 Å². The molecule has 0 aliphatic carbocycles. The molecule has 1 aromatic rings. The maximum atomic E-state index is 12.8. The van der Waals surface area contributed by atoms with Crippen LogP contribution in [0.25, 0.3) is 0 Å². The Labute approximate surface area is 179 Å². The molecule has 30 heavy (non-hydrogen) atoms. The van der Waals surface area contributed by atoms with E-state index < -0.39 is 10.0 Å². The number of ether oxygens (including phenoxy) is 2. The maximum absolute atomic E-state index is 12.8. The molecule has 3 atom stereocenters. The monoisotopic (exact) mass is 436 g/mol. The van der Waals surface area contributed by atoms with Crippen molar-refractivity contribution in [3.63, 3.8) is 0 Å². The van der Waals surface area contributed by atoms with Gasteiger partial charge in [-0.2, -0.15) is 0 Å². The van der Waals surface area contributed by atoms with Gasteiger partial charge in [0.15, 0.2) is 0 Å². The molecular weight excluding hydrogens is 404 g/mol. The van der Waals surface area contributed by atoms with Crippen molar-refractivity contribution in [2.45, 2.75) is 69.4 Å². The Bertz CT molecular complexity index is 809. The fourth-order valence-corrected chi connectivity index (χ4v) is 6.00. The Balaban J connectivity index is 1.23. The Hall–Kier alpha value is -1.48. The van der Waals surface area contributed by atoms with Gasteiger partial charge in [0.1, 0.15) is 6.61 Å². The fourth-order valence-electron chi connectivity index (χ4n) is 5.12. The topological polar surface area (TPSA) is 76.2 Å². The molecule has 3 fully saturated rings. The van der Waals surface area contributed by atoms with Gasteiger partial charge in [-0.3, -0.25) is 4.79 Å². The molecule has 3 saturated heterocycles. The van der Waals surface area contributed by atoms with Crippen molar-refractivity contribution in [3.8, 4) is 0 Å². The molecule has 8 heteroatoms. The molecule has 1 unspecified atom stereocenters. The highest BCUT2D eigenvalue weighted by atomic mass is 32.2. The van der Waals surface area contributed by atoms with Crippen LogP contribution in [-0.2, 0) is 30.9 Å². The lowest BCUT2D eigenvalue weighted by atomic mass is 9.98. The molecule has 0 N–H and O–H groups in total. The van der Waals surface area contributed by atoms with Gasteiger partial charge in [-0.15, -0.1) is 0 Å². The predicted octanol–water partition coefficient (Wildman–Crippen LogP) is 2.17. The second kappa shape index (κ2) is 9.34. The van der Waals surface area contributed by atoms with Crippen LogP contribution in [0.1, 0.15) is 44.1 Å². The number of carbonyl (C=O) groups excluding carboxylic acids is 1. The minimum Gasteiger partial charge on any atom is -0.375 e. The van der Waals surface area contributed by atoms with Gasteiger partial charge in [-0.25, -0.2) is 12.7 Å². The first-order valence-corrected chi connectivity index (χ1v) is 12.8. The highest BCUT2D eigenvalue weighted by molar-refractivity contribution is 7.88. The molecular formula is C22H32N2O5S. The minimum atomic E-state index is -3.11. The van der Waals surface area contributed by atoms with E-state index in [2.05, 4.69) is 0 Å². The molecule has 1 amide bonds. The average molecular weight is 437 g/mol. The maximum Gasteiger partial charge on any atom is 0.249 e. The van der Waals surface area contributed by atoms with Crippen LogP contribution in [0.3, 0.4) is 0 Å². The van der Waals surface area contributed by atoms with Gasteiger partial charge in [0.05, 0.1) is 25.1 Å². The Morgan fingerprint density at radius 1 is 1.00 bits per heavy atom. The van der Waals surface area contributed by atoms with Gasteiger partial charge in [-0.1, -0.05) is 30.3 Å². The smallest absolute Gasteiger partial charge is 0.249 e. The van der Waals surface area contributed by atoms with E-state index in [0.717, 1.165) is 44.1 Å². The van der Waals surface area contributed by atoms with Crippen molar-refractivity contribution < 1.29 is 22.7 Å². The molecule has 0 spiro atoms. The molecule has 2 bridgehead atoms. The normalized spacial score (nSPS) is 28.0. The van der Waals surface area contributed by atoms with Crippen LogP contribution in [-0.4, -0.2) is 73.8 Å². The van der Waals surface area contributed by atoms with Crippen molar-refractivity contribution >= 4 is 15.9 Å². The summed E-state index contributed by atoms with van der Waals surface area (Å²) >= 11 is 0. The SMILES string of the molecule is CS(=O)(=O)N1CCC(OC2C[C@H]3CC[C@@H](C2)N3C(=O)COCc2ccccc2)CC1. The molecule has 0 aromatic heterocycles. The molecule has 7 nitrogen and oxygen atoms in total. The number of amides is 1. The van der Waals surface area contributed by atoms with E-state index in [1.165, 1.54) is 10.6 Å². The number of piperidine rings is 2. The highest BCUT2D eigenvalue weighted by Gasteiger charge is 2.44. The summed E-state index contributed by atoms with van der Waals surface area (Å²) in [5.41, 5.74) is 1.07. The zero-order chi connectivity index (χ0) is 21.1. The zero-order valence-corrected chi connectivity index (χ0v) is 18.4. The van der Waals surface area contributed by atoms with Gasteiger partial charge < -0.3 is 14.4 Å².